The summed E-state index contributed by atoms with van der Waals surface area (Å²) in [5, 5.41) is 2.93. The van der Waals surface area contributed by atoms with Gasteiger partial charge in [-0.1, -0.05) is 12.1 Å². The fraction of sp³-hybridized carbons (Fsp3) is 0.478. The van der Waals surface area contributed by atoms with Crippen LogP contribution in [0.3, 0.4) is 0 Å². The average Bonchev–Trinajstić information content (AvgIpc) is 3.26. The molecule has 2 amide bonds. The zero-order chi connectivity index (χ0) is 22.6. The Morgan fingerprint density at radius 1 is 1.23 bits per heavy atom. The summed E-state index contributed by atoms with van der Waals surface area (Å²) in [5.41, 5.74) is 0.973. The Hall–Kier alpha value is -3.00. The smallest absolute Gasteiger partial charge is 0.255 e. The summed E-state index contributed by atoms with van der Waals surface area (Å²) >= 11 is 0. The minimum absolute atomic E-state index is 0.113. The van der Waals surface area contributed by atoms with Crippen molar-refractivity contribution >= 4 is 11.8 Å². The van der Waals surface area contributed by atoms with E-state index < -0.39 is 5.60 Å². The second-order valence-corrected chi connectivity index (χ2v) is 8.12. The van der Waals surface area contributed by atoms with Crippen molar-refractivity contribution in [2.45, 2.75) is 51.8 Å². The molecule has 1 aromatic carbocycles. The highest BCUT2D eigenvalue weighted by atomic mass is 16.5. The van der Waals surface area contributed by atoms with Crippen LogP contribution < -0.4 is 10.1 Å². The molecule has 31 heavy (non-hydrogen) atoms. The van der Waals surface area contributed by atoms with Crippen LogP contribution in [-0.4, -0.2) is 53.0 Å². The van der Waals surface area contributed by atoms with Gasteiger partial charge in [-0.25, -0.2) is 9.97 Å². The molecule has 0 aliphatic carbocycles. The number of ether oxygens (including phenoxy) is 2. The number of nitrogens with one attached hydrogen (secondary N) is 1. The van der Waals surface area contributed by atoms with Gasteiger partial charge in [-0.2, -0.15) is 0 Å². The van der Waals surface area contributed by atoms with E-state index in [4.69, 9.17) is 9.47 Å². The summed E-state index contributed by atoms with van der Waals surface area (Å²) in [7, 11) is 3.14. The normalized spacial score (nSPS) is 16.3. The zero-order valence-corrected chi connectivity index (χ0v) is 18.8. The first kappa shape index (κ1) is 22.7. The maximum atomic E-state index is 13.1. The molecule has 1 saturated heterocycles. The average molecular weight is 427 g/mol. The molecule has 1 aliphatic rings. The Morgan fingerprint density at radius 3 is 2.58 bits per heavy atom. The van der Waals surface area contributed by atoms with Crippen molar-refractivity contribution in [2.24, 2.45) is 0 Å². The number of nitrogens with zero attached hydrogens (tertiary/aromatic N) is 3. The van der Waals surface area contributed by atoms with Gasteiger partial charge in [0.15, 0.2) is 0 Å². The van der Waals surface area contributed by atoms with E-state index in [0.717, 1.165) is 24.2 Å². The number of benzene rings is 1. The number of hydrogen-bond acceptors (Lipinski definition) is 6. The molecule has 1 aliphatic heterocycles. The third kappa shape index (κ3) is 5.02. The molecular weight excluding hydrogens is 396 g/mol. The van der Waals surface area contributed by atoms with Gasteiger partial charge in [0.25, 0.3) is 11.8 Å². The third-order valence-corrected chi connectivity index (χ3v) is 5.65. The highest BCUT2D eigenvalue weighted by Crippen LogP contribution is 2.34. The van der Waals surface area contributed by atoms with Crippen LogP contribution in [-0.2, 0) is 16.1 Å². The lowest BCUT2D eigenvalue weighted by Gasteiger charge is -2.32. The predicted molar refractivity (Wildman–Crippen MR) is 116 cm³/mol. The van der Waals surface area contributed by atoms with Crippen LogP contribution in [0.5, 0.6) is 5.75 Å². The molecule has 1 aromatic heterocycles. The molecule has 2 aromatic rings. The van der Waals surface area contributed by atoms with Crippen molar-refractivity contribution in [1.82, 2.24) is 20.2 Å². The number of amides is 2. The van der Waals surface area contributed by atoms with E-state index in [0.29, 0.717) is 30.2 Å². The summed E-state index contributed by atoms with van der Waals surface area (Å²) in [5.74, 6) is 0.941. The molecular formula is C23H30N4O4. The van der Waals surface area contributed by atoms with Gasteiger partial charge in [-0.05, 0) is 51.3 Å². The zero-order valence-electron chi connectivity index (χ0n) is 18.8. The summed E-state index contributed by atoms with van der Waals surface area (Å²) in [6.45, 7) is 6.24. The molecule has 8 nitrogen and oxygen atoms in total. The molecule has 0 saturated carbocycles. The number of aryl methyl sites for hydroxylation is 1. The molecule has 2 heterocycles. The third-order valence-electron chi connectivity index (χ3n) is 5.65. The van der Waals surface area contributed by atoms with Crippen molar-refractivity contribution in [1.29, 1.82) is 0 Å². The van der Waals surface area contributed by atoms with Crippen LogP contribution in [0.25, 0.3) is 0 Å². The van der Waals surface area contributed by atoms with Gasteiger partial charge >= 0.3 is 0 Å². The Balaban J connectivity index is 1.82. The highest BCUT2D eigenvalue weighted by molar-refractivity contribution is 5.95. The highest BCUT2D eigenvalue weighted by Gasteiger charge is 2.40. The lowest BCUT2D eigenvalue weighted by Crippen LogP contribution is -2.46. The van der Waals surface area contributed by atoms with Gasteiger partial charge in [0.2, 0.25) is 0 Å². The molecule has 0 spiro atoms. The SMILES string of the molecule is COc1ccc(CNC(=O)c2cnc(C)nc2[C@@H]2CCCN2C(=O)C(C)(C)OC)cc1. The summed E-state index contributed by atoms with van der Waals surface area (Å²) in [6, 6.07) is 7.21. The van der Waals surface area contributed by atoms with Gasteiger partial charge in [0.1, 0.15) is 17.2 Å². The van der Waals surface area contributed by atoms with Gasteiger partial charge in [-0.15, -0.1) is 0 Å². The summed E-state index contributed by atoms with van der Waals surface area (Å²) in [6.07, 6.45) is 3.12. The predicted octanol–water partition coefficient (Wildman–Crippen LogP) is 2.81. The minimum atomic E-state index is -0.943. The van der Waals surface area contributed by atoms with E-state index in [1.165, 1.54) is 7.11 Å². The van der Waals surface area contributed by atoms with Gasteiger partial charge < -0.3 is 19.7 Å². The second-order valence-electron chi connectivity index (χ2n) is 8.12. The van der Waals surface area contributed by atoms with Crippen LogP contribution in [0.2, 0.25) is 0 Å². The number of carbonyl (C=O) groups excluding carboxylic acids is 2. The van der Waals surface area contributed by atoms with E-state index in [2.05, 4.69) is 15.3 Å². The molecule has 0 bridgehead atoms. The standard InChI is InChI=1S/C23H30N4O4/c1-15-24-14-18(21(28)25-13-16-8-10-17(30-4)11-9-16)20(26-15)19-7-6-12-27(19)22(29)23(2,3)31-5/h8-11,14,19H,6-7,12-13H2,1-5H3,(H,25,28)/t19-/m0/s1. The molecule has 1 N–H and O–H groups in total. The van der Waals surface area contributed by atoms with Crippen LogP contribution in [0, 0.1) is 6.92 Å². The first-order valence-electron chi connectivity index (χ1n) is 10.4. The summed E-state index contributed by atoms with van der Waals surface area (Å²) < 4.78 is 10.6. The number of rotatable bonds is 7. The van der Waals surface area contributed by atoms with Crippen molar-refractivity contribution in [3.8, 4) is 5.75 Å². The van der Waals surface area contributed by atoms with Crippen LogP contribution >= 0.6 is 0 Å². The molecule has 8 heteroatoms. The quantitative estimate of drug-likeness (QED) is 0.732. The van der Waals surface area contributed by atoms with Crippen LogP contribution in [0.4, 0.5) is 0 Å². The van der Waals surface area contributed by atoms with Crippen molar-refractivity contribution in [3.05, 3.63) is 53.1 Å². The van der Waals surface area contributed by atoms with E-state index >= 15 is 0 Å². The number of hydrogen-bond donors (Lipinski definition) is 1. The Bertz CT molecular complexity index is 943. The van der Waals surface area contributed by atoms with E-state index in [1.54, 1.807) is 39.0 Å². The molecule has 0 radical (unpaired) electrons. The minimum Gasteiger partial charge on any atom is -0.497 e. The van der Waals surface area contributed by atoms with Gasteiger partial charge in [0.05, 0.1) is 24.4 Å². The summed E-state index contributed by atoms with van der Waals surface area (Å²) in [4.78, 5) is 36.6. The number of likely N-dealkylation sites (tertiary alicyclic amines) is 1. The molecule has 1 atom stereocenters. The van der Waals surface area contributed by atoms with Crippen molar-refractivity contribution in [3.63, 3.8) is 0 Å². The Kier molecular flexibility index (Phi) is 6.90. The van der Waals surface area contributed by atoms with Crippen molar-refractivity contribution in [2.75, 3.05) is 20.8 Å². The first-order valence-corrected chi connectivity index (χ1v) is 10.4. The molecule has 3 rings (SSSR count). The molecule has 0 unspecified atom stereocenters. The maximum Gasteiger partial charge on any atom is 0.255 e. The number of methoxy groups -OCH3 is 2. The number of aromatic nitrogens is 2. The van der Waals surface area contributed by atoms with Crippen LogP contribution in [0.1, 0.15) is 60.2 Å². The first-order chi connectivity index (χ1) is 14.8. The van der Waals surface area contributed by atoms with Crippen molar-refractivity contribution < 1.29 is 19.1 Å². The largest absolute Gasteiger partial charge is 0.497 e. The second kappa shape index (κ2) is 9.43. The van der Waals surface area contributed by atoms with Gasteiger partial charge in [-0.3, -0.25) is 9.59 Å². The fourth-order valence-electron chi connectivity index (χ4n) is 3.66. The van der Waals surface area contributed by atoms with Crippen LogP contribution in [0.15, 0.2) is 30.5 Å². The van der Waals surface area contributed by atoms with E-state index in [1.807, 2.05) is 24.3 Å². The topological polar surface area (TPSA) is 93.6 Å². The molecule has 1 fully saturated rings. The lowest BCUT2D eigenvalue weighted by molar-refractivity contribution is -0.152. The van der Waals surface area contributed by atoms with E-state index in [9.17, 15) is 9.59 Å². The lowest BCUT2D eigenvalue weighted by atomic mass is 10.0. The monoisotopic (exact) mass is 426 g/mol. The van der Waals surface area contributed by atoms with E-state index in [-0.39, 0.29) is 17.9 Å². The number of carbonyl (C=O) groups is 2. The molecule has 166 valence electrons. The Morgan fingerprint density at radius 2 is 1.94 bits per heavy atom. The maximum absolute atomic E-state index is 13.1. The van der Waals surface area contributed by atoms with Gasteiger partial charge in [0, 0.05) is 26.4 Å². The Labute approximate surface area is 183 Å². The fourth-order valence-corrected chi connectivity index (χ4v) is 3.66.